The van der Waals surface area contributed by atoms with Gasteiger partial charge in [0.2, 0.25) is 0 Å². The van der Waals surface area contributed by atoms with Gasteiger partial charge in [-0.05, 0) is 28.1 Å². The Morgan fingerprint density at radius 1 is 1.50 bits per heavy atom. The van der Waals surface area contributed by atoms with Crippen molar-refractivity contribution in [1.29, 1.82) is 0 Å². The van der Waals surface area contributed by atoms with E-state index in [1.807, 2.05) is 0 Å². The van der Waals surface area contributed by atoms with Gasteiger partial charge in [0.15, 0.2) is 0 Å². The predicted octanol–water partition coefficient (Wildman–Crippen LogP) is 2.68. The molecule has 0 amide bonds. The smallest absolute Gasteiger partial charge is 0.300 e. The number of carbonyl (C=O) groups is 1. The number of hydrogen-bond donors (Lipinski definition) is 1. The summed E-state index contributed by atoms with van der Waals surface area (Å²) in [5.74, 6) is -1.05. The van der Waals surface area contributed by atoms with E-state index in [1.165, 1.54) is 6.07 Å². The molecule has 66 valence electrons. The lowest BCUT2D eigenvalue weighted by Crippen LogP contribution is -1.78. The Morgan fingerprint density at radius 2 is 1.92 bits per heavy atom. The minimum atomic E-state index is -0.833. The van der Waals surface area contributed by atoms with Crippen LogP contribution in [0.2, 0.25) is 0 Å². The number of halogens is 2. The van der Waals surface area contributed by atoms with Crippen molar-refractivity contribution in [1.82, 2.24) is 0 Å². The van der Waals surface area contributed by atoms with E-state index in [-0.39, 0.29) is 5.82 Å². The molecule has 1 N–H and O–H groups in total. The number of carboxylic acid groups (broad SMARTS) is 1. The van der Waals surface area contributed by atoms with Crippen LogP contribution in [0.15, 0.2) is 28.7 Å². The molecule has 0 saturated carbocycles. The van der Waals surface area contributed by atoms with Gasteiger partial charge in [0, 0.05) is 6.92 Å². The van der Waals surface area contributed by atoms with Crippen LogP contribution in [0.3, 0.4) is 0 Å². The molecule has 0 fully saturated rings. The second kappa shape index (κ2) is 5.71. The van der Waals surface area contributed by atoms with E-state index in [0.717, 1.165) is 6.92 Å². The lowest BCUT2D eigenvalue weighted by Gasteiger charge is -1.87. The van der Waals surface area contributed by atoms with Crippen molar-refractivity contribution in [3.63, 3.8) is 0 Å². The molecule has 0 aliphatic carbocycles. The molecule has 1 rings (SSSR count). The van der Waals surface area contributed by atoms with Crippen LogP contribution < -0.4 is 0 Å². The molecule has 0 bridgehead atoms. The lowest BCUT2D eigenvalue weighted by atomic mass is 10.4. The van der Waals surface area contributed by atoms with Crippen molar-refractivity contribution in [2.24, 2.45) is 0 Å². The third-order valence-corrected chi connectivity index (χ3v) is 1.47. The van der Waals surface area contributed by atoms with Gasteiger partial charge in [-0.1, -0.05) is 12.1 Å². The van der Waals surface area contributed by atoms with E-state index in [4.69, 9.17) is 9.90 Å². The standard InChI is InChI=1S/C6H4BrF.C2H4O2/c7-5-3-1-2-4-6(5)8;1-2(3)4/h1-4H;1H3,(H,3,4). The van der Waals surface area contributed by atoms with Crippen molar-refractivity contribution in [2.75, 3.05) is 0 Å². The number of carboxylic acids is 1. The van der Waals surface area contributed by atoms with E-state index in [2.05, 4.69) is 15.9 Å². The predicted molar refractivity (Wildman–Crippen MR) is 47.4 cm³/mol. The van der Waals surface area contributed by atoms with Crippen LogP contribution in [-0.4, -0.2) is 11.1 Å². The molecule has 0 radical (unpaired) electrons. The van der Waals surface area contributed by atoms with Crippen molar-refractivity contribution in [3.05, 3.63) is 34.6 Å². The first kappa shape index (κ1) is 11.1. The van der Waals surface area contributed by atoms with Crippen LogP contribution in [0.5, 0.6) is 0 Å². The maximum absolute atomic E-state index is 12.3. The maximum Gasteiger partial charge on any atom is 0.300 e. The zero-order valence-corrected chi connectivity index (χ0v) is 8.01. The van der Waals surface area contributed by atoms with Crippen molar-refractivity contribution >= 4 is 21.9 Å². The zero-order valence-electron chi connectivity index (χ0n) is 6.42. The average Bonchev–Trinajstić information content (AvgIpc) is 1.94. The Bertz CT molecular complexity index is 238. The second-order valence-corrected chi connectivity index (χ2v) is 2.79. The Labute approximate surface area is 78.2 Å². The molecular formula is C8H8BrFO2. The third kappa shape index (κ3) is 5.85. The summed E-state index contributed by atoms with van der Waals surface area (Å²) in [6.45, 7) is 1.08. The number of aliphatic carboxylic acids is 1. The molecule has 1 aromatic carbocycles. The Balaban J connectivity index is 0.000000261. The molecule has 0 saturated heterocycles. The molecule has 0 heterocycles. The van der Waals surface area contributed by atoms with Crippen LogP contribution in [0, 0.1) is 5.82 Å². The van der Waals surface area contributed by atoms with Crippen LogP contribution >= 0.6 is 15.9 Å². The van der Waals surface area contributed by atoms with Crippen molar-refractivity contribution in [3.8, 4) is 0 Å². The molecule has 0 unspecified atom stereocenters. The van der Waals surface area contributed by atoms with Gasteiger partial charge in [0.05, 0.1) is 4.47 Å². The highest BCUT2D eigenvalue weighted by molar-refractivity contribution is 9.10. The summed E-state index contributed by atoms with van der Waals surface area (Å²) in [7, 11) is 0. The lowest BCUT2D eigenvalue weighted by molar-refractivity contribution is -0.134. The molecule has 0 aliphatic rings. The molecule has 0 atom stereocenters. The Morgan fingerprint density at radius 3 is 2.17 bits per heavy atom. The first-order valence-electron chi connectivity index (χ1n) is 3.13. The van der Waals surface area contributed by atoms with Crippen molar-refractivity contribution in [2.45, 2.75) is 6.92 Å². The largest absolute Gasteiger partial charge is 0.481 e. The fraction of sp³-hybridized carbons (Fsp3) is 0.125. The van der Waals surface area contributed by atoms with Gasteiger partial charge in [-0.15, -0.1) is 0 Å². The summed E-state index contributed by atoms with van der Waals surface area (Å²) in [5.41, 5.74) is 0. The summed E-state index contributed by atoms with van der Waals surface area (Å²) >= 11 is 3.02. The normalized spacial score (nSPS) is 8.25. The van der Waals surface area contributed by atoms with Crippen molar-refractivity contribution < 1.29 is 14.3 Å². The fourth-order valence-corrected chi connectivity index (χ4v) is 0.724. The molecule has 2 nitrogen and oxygen atoms in total. The summed E-state index contributed by atoms with van der Waals surface area (Å²) < 4.78 is 12.8. The van der Waals surface area contributed by atoms with Gasteiger partial charge in [0.1, 0.15) is 5.82 Å². The number of hydrogen-bond acceptors (Lipinski definition) is 1. The SMILES string of the molecule is CC(=O)O.Fc1ccccc1Br. The molecule has 12 heavy (non-hydrogen) atoms. The first-order valence-corrected chi connectivity index (χ1v) is 3.93. The van der Waals surface area contributed by atoms with E-state index in [9.17, 15) is 4.39 Å². The monoisotopic (exact) mass is 234 g/mol. The highest BCUT2D eigenvalue weighted by Crippen LogP contribution is 2.12. The highest BCUT2D eigenvalue weighted by Gasteiger charge is 1.90. The second-order valence-electron chi connectivity index (χ2n) is 1.93. The van der Waals surface area contributed by atoms with E-state index in [0.29, 0.717) is 4.47 Å². The topological polar surface area (TPSA) is 37.3 Å². The quantitative estimate of drug-likeness (QED) is 0.750. The van der Waals surface area contributed by atoms with E-state index < -0.39 is 5.97 Å². The highest BCUT2D eigenvalue weighted by atomic mass is 79.9. The Hall–Kier alpha value is -0.900. The average molecular weight is 235 g/mol. The minimum absolute atomic E-state index is 0.215. The summed E-state index contributed by atoms with van der Waals surface area (Å²) in [6.07, 6.45) is 0. The Kier molecular flexibility index (Phi) is 5.28. The molecular weight excluding hydrogens is 227 g/mol. The fourth-order valence-electron chi connectivity index (χ4n) is 0.439. The third-order valence-electron chi connectivity index (χ3n) is 0.824. The van der Waals surface area contributed by atoms with Gasteiger partial charge in [-0.25, -0.2) is 4.39 Å². The van der Waals surface area contributed by atoms with Crippen LogP contribution in [-0.2, 0) is 4.79 Å². The summed E-state index contributed by atoms with van der Waals surface area (Å²) in [6, 6.07) is 6.49. The van der Waals surface area contributed by atoms with E-state index >= 15 is 0 Å². The summed E-state index contributed by atoms with van der Waals surface area (Å²) in [5, 5.41) is 7.42. The zero-order chi connectivity index (χ0) is 9.56. The molecule has 0 aliphatic heterocycles. The van der Waals surface area contributed by atoms with Gasteiger partial charge >= 0.3 is 0 Å². The van der Waals surface area contributed by atoms with Gasteiger partial charge in [-0.3, -0.25) is 4.79 Å². The van der Waals surface area contributed by atoms with Crippen LogP contribution in [0.1, 0.15) is 6.92 Å². The maximum atomic E-state index is 12.3. The van der Waals surface area contributed by atoms with Gasteiger partial charge < -0.3 is 5.11 Å². The molecule has 4 heteroatoms. The summed E-state index contributed by atoms with van der Waals surface area (Å²) in [4.78, 5) is 9.00. The molecule has 0 spiro atoms. The minimum Gasteiger partial charge on any atom is -0.481 e. The van der Waals surface area contributed by atoms with E-state index in [1.54, 1.807) is 18.2 Å². The van der Waals surface area contributed by atoms with Gasteiger partial charge in [-0.2, -0.15) is 0 Å². The molecule has 1 aromatic rings. The first-order chi connectivity index (χ1) is 5.54. The molecule has 0 aromatic heterocycles. The van der Waals surface area contributed by atoms with Crippen LogP contribution in [0.4, 0.5) is 4.39 Å². The van der Waals surface area contributed by atoms with Crippen LogP contribution in [0.25, 0.3) is 0 Å². The van der Waals surface area contributed by atoms with Gasteiger partial charge in [0.25, 0.3) is 5.97 Å². The number of rotatable bonds is 0. The number of benzene rings is 1.